The van der Waals surface area contributed by atoms with Crippen molar-refractivity contribution < 1.29 is 9.90 Å². The van der Waals surface area contributed by atoms with Crippen LogP contribution in [0.2, 0.25) is 5.02 Å². The van der Waals surface area contributed by atoms with Crippen molar-refractivity contribution in [2.24, 2.45) is 5.92 Å². The molecule has 2 aliphatic heterocycles. The van der Waals surface area contributed by atoms with Gasteiger partial charge in [-0.15, -0.1) is 0 Å². The first-order chi connectivity index (χ1) is 13.0. The van der Waals surface area contributed by atoms with Crippen molar-refractivity contribution in [3.05, 3.63) is 34.9 Å². The van der Waals surface area contributed by atoms with Crippen LogP contribution in [0, 0.1) is 5.92 Å². The summed E-state index contributed by atoms with van der Waals surface area (Å²) in [6.45, 7) is 3.67. The summed E-state index contributed by atoms with van der Waals surface area (Å²) in [5, 5.41) is 11.7. The Kier molecular flexibility index (Phi) is 5.77. The van der Waals surface area contributed by atoms with Gasteiger partial charge in [-0.05, 0) is 49.3 Å². The van der Waals surface area contributed by atoms with Gasteiger partial charge in [0.25, 0.3) is 0 Å². The maximum Gasteiger partial charge on any atom is 0.223 e. The fraction of sp³-hybridized carbons (Fsp3) is 0.682. The topological polar surface area (TPSA) is 43.8 Å². The van der Waals surface area contributed by atoms with Crippen LogP contribution in [0.3, 0.4) is 0 Å². The molecular weight excluding hydrogens is 360 g/mol. The molecule has 0 bridgehead atoms. The molecule has 0 radical (unpaired) electrons. The number of benzene rings is 1. The summed E-state index contributed by atoms with van der Waals surface area (Å²) in [4.78, 5) is 17.1. The average Bonchev–Trinajstić information content (AvgIpc) is 3.05. The molecule has 4 rings (SSSR count). The highest BCUT2D eigenvalue weighted by molar-refractivity contribution is 6.30. The zero-order valence-electron chi connectivity index (χ0n) is 16.1. The van der Waals surface area contributed by atoms with Crippen molar-refractivity contribution in [2.75, 3.05) is 26.2 Å². The molecule has 148 valence electrons. The largest absolute Gasteiger partial charge is 0.385 e. The molecule has 0 spiro atoms. The predicted molar refractivity (Wildman–Crippen MR) is 108 cm³/mol. The van der Waals surface area contributed by atoms with Gasteiger partial charge in [-0.25, -0.2) is 0 Å². The van der Waals surface area contributed by atoms with E-state index in [1.807, 2.05) is 24.3 Å². The molecule has 1 amide bonds. The predicted octanol–water partition coefficient (Wildman–Crippen LogP) is 3.80. The van der Waals surface area contributed by atoms with E-state index in [1.165, 1.54) is 32.1 Å². The van der Waals surface area contributed by atoms with Crippen molar-refractivity contribution in [3.8, 4) is 0 Å². The molecule has 3 fully saturated rings. The minimum absolute atomic E-state index is 0.363. The van der Waals surface area contributed by atoms with Crippen molar-refractivity contribution in [1.29, 1.82) is 0 Å². The molecule has 2 heterocycles. The molecule has 1 saturated carbocycles. The van der Waals surface area contributed by atoms with Gasteiger partial charge in [-0.3, -0.25) is 4.79 Å². The Hall–Kier alpha value is -1.10. The SMILES string of the molecule is O=C1CC(CN2CCC(O)(c3ccc(Cl)cc3)CC2)CN1C1CCCCC1. The second-order valence-electron chi connectivity index (χ2n) is 8.75. The molecule has 1 aliphatic carbocycles. The van der Waals surface area contributed by atoms with Crippen LogP contribution in [0.25, 0.3) is 0 Å². The van der Waals surface area contributed by atoms with Crippen LogP contribution in [-0.2, 0) is 10.4 Å². The highest BCUT2D eigenvalue weighted by atomic mass is 35.5. The van der Waals surface area contributed by atoms with Gasteiger partial charge in [-0.2, -0.15) is 0 Å². The van der Waals surface area contributed by atoms with E-state index in [4.69, 9.17) is 11.6 Å². The molecule has 27 heavy (non-hydrogen) atoms. The third-order valence-electron chi connectivity index (χ3n) is 6.84. The minimum Gasteiger partial charge on any atom is -0.385 e. The summed E-state index contributed by atoms with van der Waals surface area (Å²) >= 11 is 5.97. The number of likely N-dealkylation sites (tertiary alicyclic amines) is 2. The van der Waals surface area contributed by atoms with E-state index in [0.717, 1.165) is 44.6 Å². The highest BCUT2D eigenvalue weighted by Gasteiger charge is 2.38. The lowest BCUT2D eigenvalue weighted by Crippen LogP contribution is -2.44. The molecule has 5 heteroatoms. The Labute approximate surface area is 167 Å². The van der Waals surface area contributed by atoms with E-state index >= 15 is 0 Å². The molecule has 1 N–H and O–H groups in total. The molecule has 1 atom stereocenters. The van der Waals surface area contributed by atoms with E-state index in [2.05, 4.69) is 9.80 Å². The maximum absolute atomic E-state index is 12.5. The molecule has 3 aliphatic rings. The van der Waals surface area contributed by atoms with Crippen molar-refractivity contribution in [2.45, 2.75) is 63.0 Å². The minimum atomic E-state index is -0.749. The lowest BCUT2D eigenvalue weighted by Gasteiger charge is -2.39. The molecule has 1 unspecified atom stereocenters. The molecule has 1 aromatic rings. The van der Waals surface area contributed by atoms with Crippen LogP contribution >= 0.6 is 11.6 Å². The van der Waals surface area contributed by atoms with Crippen molar-refractivity contribution >= 4 is 17.5 Å². The van der Waals surface area contributed by atoms with Gasteiger partial charge < -0.3 is 14.9 Å². The first-order valence-electron chi connectivity index (χ1n) is 10.5. The van der Waals surface area contributed by atoms with Crippen LogP contribution in [-0.4, -0.2) is 53.0 Å². The van der Waals surface area contributed by atoms with Gasteiger partial charge in [0.1, 0.15) is 0 Å². The third kappa shape index (κ3) is 4.33. The quantitative estimate of drug-likeness (QED) is 0.850. The lowest BCUT2D eigenvalue weighted by molar-refractivity contribution is -0.130. The maximum atomic E-state index is 12.5. The third-order valence-corrected chi connectivity index (χ3v) is 7.09. The summed E-state index contributed by atoms with van der Waals surface area (Å²) in [7, 11) is 0. The van der Waals surface area contributed by atoms with Crippen molar-refractivity contribution in [3.63, 3.8) is 0 Å². The van der Waals surface area contributed by atoms with Crippen LogP contribution in [0.5, 0.6) is 0 Å². The van der Waals surface area contributed by atoms with E-state index in [-0.39, 0.29) is 0 Å². The zero-order valence-corrected chi connectivity index (χ0v) is 16.8. The summed E-state index contributed by atoms with van der Waals surface area (Å²) in [6, 6.07) is 8.08. The zero-order chi connectivity index (χ0) is 18.9. The van der Waals surface area contributed by atoms with E-state index < -0.39 is 5.60 Å². The number of carbonyl (C=O) groups excluding carboxylic acids is 1. The summed E-state index contributed by atoms with van der Waals surface area (Å²) in [5.74, 6) is 0.808. The van der Waals surface area contributed by atoms with E-state index in [9.17, 15) is 9.90 Å². The number of piperidine rings is 1. The molecule has 2 saturated heterocycles. The monoisotopic (exact) mass is 390 g/mol. The van der Waals surface area contributed by atoms with Gasteiger partial charge in [0.05, 0.1) is 5.60 Å². The molecular formula is C22H31ClN2O2. The standard InChI is InChI=1S/C22H31ClN2O2/c23-19-8-6-18(7-9-19)22(27)10-12-24(13-11-22)15-17-14-21(26)25(16-17)20-4-2-1-3-5-20/h6-9,17,20,27H,1-5,10-16H2. The number of rotatable bonds is 4. The number of carbonyl (C=O) groups is 1. The number of amides is 1. The number of nitrogens with zero attached hydrogens (tertiary/aromatic N) is 2. The van der Waals surface area contributed by atoms with E-state index in [1.54, 1.807) is 0 Å². The Morgan fingerprint density at radius 1 is 1.07 bits per heavy atom. The first kappa shape index (κ1) is 19.2. The fourth-order valence-corrected chi connectivity index (χ4v) is 5.32. The lowest BCUT2D eigenvalue weighted by atomic mass is 9.84. The highest BCUT2D eigenvalue weighted by Crippen LogP contribution is 2.35. The second-order valence-corrected chi connectivity index (χ2v) is 9.18. The van der Waals surface area contributed by atoms with E-state index in [0.29, 0.717) is 29.3 Å². The number of hydrogen-bond acceptors (Lipinski definition) is 3. The number of halogens is 1. The average molecular weight is 391 g/mol. The number of hydrogen-bond donors (Lipinski definition) is 1. The van der Waals surface area contributed by atoms with Gasteiger partial charge >= 0.3 is 0 Å². The van der Waals surface area contributed by atoms with Gasteiger partial charge in [0.15, 0.2) is 0 Å². The smallest absolute Gasteiger partial charge is 0.223 e. The summed E-state index contributed by atoms with van der Waals surface area (Å²) in [6.07, 6.45) is 8.43. The van der Waals surface area contributed by atoms with Crippen LogP contribution < -0.4 is 0 Å². The normalized spacial score (nSPS) is 27.3. The first-order valence-corrected chi connectivity index (χ1v) is 10.9. The summed E-state index contributed by atoms with van der Waals surface area (Å²) < 4.78 is 0. The van der Waals surface area contributed by atoms with Crippen LogP contribution in [0.1, 0.15) is 56.9 Å². The fourth-order valence-electron chi connectivity index (χ4n) is 5.20. The van der Waals surface area contributed by atoms with Gasteiger partial charge in [0, 0.05) is 43.7 Å². The number of aliphatic hydroxyl groups is 1. The molecule has 1 aromatic carbocycles. The Bertz CT molecular complexity index is 649. The Morgan fingerprint density at radius 3 is 2.41 bits per heavy atom. The van der Waals surface area contributed by atoms with Gasteiger partial charge in [-0.1, -0.05) is 43.0 Å². The molecule has 0 aromatic heterocycles. The van der Waals surface area contributed by atoms with Gasteiger partial charge in [0.2, 0.25) is 5.91 Å². The van der Waals surface area contributed by atoms with Crippen LogP contribution in [0.4, 0.5) is 0 Å². The second kappa shape index (κ2) is 8.10. The Balaban J connectivity index is 1.29. The van der Waals surface area contributed by atoms with Crippen LogP contribution in [0.15, 0.2) is 24.3 Å². The molecule has 4 nitrogen and oxygen atoms in total. The van der Waals surface area contributed by atoms with Crippen molar-refractivity contribution in [1.82, 2.24) is 9.80 Å². The summed E-state index contributed by atoms with van der Waals surface area (Å²) in [5.41, 5.74) is 0.215. The Morgan fingerprint density at radius 2 is 1.74 bits per heavy atom.